The number of nitrogens with one attached hydrogen (secondary N) is 1. The predicted molar refractivity (Wildman–Crippen MR) is 75.1 cm³/mol. The predicted octanol–water partition coefficient (Wildman–Crippen LogP) is 1.86. The van der Waals surface area contributed by atoms with Gasteiger partial charge in [0.2, 0.25) is 5.91 Å². The summed E-state index contributed by atoms with van der Waals surface area (Å²) in [7, 11) is 0. The molecule has 0 spiro atoms. The van der Waals surface area contributed by atoms with Gasteiger partial charge in [0.1, 0.15) is 5.82 Å². The van der Waals surface area contributed by atoms with Crippen LogP contribution in [-0.2, 0) is 4.79 Å². The minimum Gasteiger partial charge on any atom is -0.478 e. The number of carboxylic acid groups (broad SMARTS) is 1. The topological polar surface area (TPSA) is 82.5 Å². The van der Waals surface area contributed by atoms with Gasteiger partial charge in [0, 0.05) is 32.3 Å². The van der Waals surface area contributed by atoms with Crippen LogP contribution in [0, 0.1) is 0 Å². The maximum atomic E-state index is 11.8. The van der Waals surface area contributed by atoms with Crippen LogP contribution in [0.1, 0.15) is 29.6 Å². The Labute approximate surface area is 121 Å². The molecule has 0 aliphatic carbocycles. The molecule has 20 heavy (non-hydrogen) atoms. The highest BCUT2D eigenvalue weighted by molar-refractivity contribution is 6.33. The van der Waals surface area contributed by atoms with Crippen LogP contribution >= 0.6 is 11.6 Å². The van der Waals surface area contributed by atoms with Gasteiger partial charge in [-0.3, -0.25) is 4.79 Å². The summed E-state index contributed by atoms with van der Waals surface area (Å²) in [6, 6.07) is 1.37. The molecule has 1 aliphatic heterocycles. The van der Waals surface area contributed by atoms with Crippen LogP contribution in [0.2, 0.25) is 5.02 Å². The second kappa shape index (κ2) is 6.56. The van der Waals surface area contributed by atoms with E-state index in [1.807, 2.05) is 4.90 Å². The molecule has 0 bridgehead atoms. The Morgan fingerprint density at radius 1 is 1.40 bits per heavy atom. The van der Waals surface area contributed by atoms with Gasteiger partial charge in [0.05, 0.1) is 10.6 Å². The molecule has 6 nitrogen and oxygen atoms in total. The van der Waals surface area contributed by atoms with Crippen molar-refractivity contribution in [1.29, 1.82) is 0 Å². The van der Waals surface area contributed by atoms with Crippen LogP contribution < -0.4 is 5.32 Å². The van der Waals surface area contributed by atoms with Crippen molar-refractivity contribution < 1.29 is 14.7 Å². The van der Waals surface area contributed by atoms with E-state index in [4.69, 9.17) is 16.7 Å². The van der Waals surface area contributed by atoms with E-state index in [1.165, 1.54) is 12.3 Å². The number of hydrogen-bond donors (Lipinski definition) is 2. The standard InChI is InChI=1S/C13H16ClN3O3/c14-10-8-16-11(7-9(10)13(19)20)15-4-3-12(18)17-5-1-2-6-17/h7-8H,1-6H2,(H,15,16)(H,19,20). The number of likely N-dealkylation sites (tertiary alicyclic amines) is 1. The molecule has 0 unspecified atom stereocenters. The van der Waals surface area contributed by atoms with Gasteiger partial charge < -0.3 is 15.3 Å². The van der Waals surface area contributed by atoms with Gasteiger partial charge in [-0.25, -0.2) is 9.78 Å². The van der Waals surface area contributed by atoms with Crippen LogP contribution in [0.3, 0.4) is 0 Å². The number of carbonyl (C=O) groups excluding carboxylic acids is 1. The third kappa shape index (κ3) is 3.60. The van der Waals surface area contributed by atoms with Gasteiger partial charge in [0.15, 0.2) is 0 Å². The summed E-state index contributed by atoms with van der Waals surface area (Å²) in [5.41, 5.74) is -0.00460. The minimum atomic E-state index is -1.10. The molecule has 0 radical (unpaired) electrons. The summed E-state index contributed by atoms with van der Waals surface area (Å²) in [4.78, 5) is 28.6. The highest BCUT2D eigenvalue weighted by Gasteiger charge is 2.17. The SMILES string of the molecule is O=C(O)c1cc(NCCC(=O)N2CCCC2)ncc1Cl. The molecule has 0 atom stereocenters. The molecular formula is C13H16ClN3O3. The average Bonchev–Trinajstić information content (AvgIpc) is 2.94. The fourth-order valence-electron chi connectivity index (χ4n) is 2.12. The van der Waals surface area contributed by atoms with Gasteiger partial charge in [-0.2, -0.15) is 0 Å². The fourth-order valence-corrected chi connectivity index (χ4v) is 2.31. The monoisotopic (exact) mass is 297 g/mol. The van der Waals surface area contributed by atoms with Crippen molar-refractivity contribution >= 4 is 29.3 Å². The van der Waals surface area contributed by atoms with Crippen molar-refractivity contribution in [3.63, 3.8) is 0 Å². The van der Waals surface area contributed by atoms with Crippen molar-refractivity contribution in [2.75, 3.05) is 25.0 Å². The number of carbonyl (C=O) groups is 2. The molecule has 1 saturated heterocycles. The highest BCUT2D eigenvalue weighted by Crippen LogP contribution is 2.18. The van der Waals surface area contributed by atoms with E-state index in [0.717, 1.165) is 25.9 Å². The maximum Gasteiger partial charge on any atom is 0.337 e. The zero-order valence-electron chi connectivity index (χ0n) is 10.9. The van der Waals surface area contributed by atoms with Gasteiger partial charge in [0.25, 0.3) is 0 Å². The average molecular weight is 298 g/mol. The summed E-state index contributed by atoms with van der Waals surface area (Å²) in [5.74, 6) is -0.586. The normalized spacial score (nSPS) is 14.3. The summed E-state index contributed by atoms with van der Waals surface area (Å²) in [6.07, 6.45) is 3.79. The van der Waals surface area contributed by atoms with E-state index in [2.05, 4.69) is 10.3 Å². The third-order valence-corrected chi connectivity index (χ3v) is 3.49. The highest BCUT2D eigenvalue weighted by atomic mass is 35.5. The van der Waals surface area contributed by atoms with Crippen LogP contribution in [-0.4, -0.2) is 46.5 Å². The first-order chi connectivity index (χ1) is 9.58. The van der Waals surface area contributed by atoms with Gasteiger partial charge in [-0.1, -0.05) is 11.6 Å². The van der Waals surface area contributed by atoms with Crippen molar-refractivity contribution in [1.82, 2.24) is 9.88 Å². The van der Waals surface area contributed by atoms with Gasteiger partial charge in [-0.15, -0.1) is 0 Å². The lowest BCUT2D eigenvalue weighted by atomic mass is 10.2. The van der Waals surface area contributed by atoms with E-state index < -0.39 is 5.97 Å². The number of carboxylic acids is 1. The molecule has 2 heterocycles. The molecule has 108 valence electrons. The van der Waals surface area contributed by atoms with Crippen LogP contribution in [0.25, 0.3) is 0 Å². The summed E-state index contributed by atoms with van der Waals surface area (Å²) < 4.78 is 0. The molecule has 1 aromatic heterocycles. The first-order valence-electron chi connectivity index (χ1n) is 6.48. The Morgan fingerprint density at radius 2 is 2.10 bits per heavy atom. The molecule has 1 fully saturated rings. The zero-order valence-corrected chi connectivity index (χ0v) is 11.7. The van der Waals surface area contributed by atoms with Crippen molar-refractivity contribution in [2.45, 2.75) is 19.3 Å². The molecular weight excluding hydrogens is 282 g/mol. The number of aromatic nitrogens is 1. The number of pyridine rings is 1. The lowest BCUT2D eigenvalue weighted by Crippen LogP contribution is -2.29. The molecule has 0 aromatic carbocycles. The zero-order chi connectivity index (χ0) is 14.5. The Morgan fingerprint density at radius 3 is 2.75 bits per heavy atom. The maximum absolute atomic E-state index is 11.8. The number of hydrogen-bond acceptors (Lipinski definition) is 4. The first kappa shape index (κ1) is 14.6. The van der Waals surface area contributed by atoms with E-state index >= 15 is 0 Å². The van der Waals surface area contributed by atoms with E-state index in [-0.39, 0.29) is 16.5 Å². The van der Waals surface area contributed by atoms with E-state index in [1.54, 1.807) is 0 Å². The Kier molecular flexibility index (Phi) is 4.79. The van der Waals surface area contributed by atoms with E-state index in [0.29, 0.717) is 18.8 Å². The number of aromatic carboxylic acids is 1. The second-order valence-electron chi connectivity index (χ2n) is 4.62. The fraction of sp³-hybridized carbons (Fsp3) is 0.462. The summed E-state index contributed by atoms with van der Waals surface area (Å²) >= 11 is 5.73. The van der Waals surface area contributed by atoms with Crippen LogP contribution in [0.15, 0.2) is 12.3 Å². The molecule has 0 saturated carbocycles. The lowest BCUT2D eigenvalue weighted by Gasteiger charge is -2.15. The van der Waals surface area contributed by atoms with E-state index in [9.17, 15) is 9.59 Å². The number of amides is 1. The number of nitrogens with zero attached hydrogens (tertiary/aromatic N) is 2. The Balaban J connectivity index is 1.86. The van der Waals surface area contributed by atoms with Crippen LogP contribution in [0.4, 0.5) is 5.82 Å². The quantitative estimate of drug-likeness (QED) is 0.867. The Hall–Kier alpha value is -1.82. The number of anilines is 1. The van der Waals surface area contributed by atoms with Crippen LogP contribution in [0.5, 0.6) is 0 Å². The molecule has 1 aromatic rings. The molecule has 1 amide bonds. The largest absolute Gasteiger partial charge is 0.478 e. The smallest absolute Gasteiger partial charge is 0.337 e. The number of rotatable bonds is 5. The summed E-state index contributed by atoms with van der Waals surface area (Å²) in [5, 5.41) is 12.0. The number of halogens is 1. The molecule has 2 N–H and O–H groups in total. The van der Waals surface area contributed by atoms with Crippen molar-refractivity contribution in [2.24, 2.45) is 0 Å². The third-order valence-electron chi connectivity index (χ3n) is 3.19. The first-order valence-corrected chi connectivity index (χ1v) is 6.86. The van der Waals surface area contributed by atoms with Crippen molar-refractivity contribution in [3.8, 4) is 0 Å². The lowest BCUT2D eigenvalue weighted by molar-refractivity contribution is -0.129. The summed E-state index contributed by atoms with van der Waals surface area (Å²) in [6.45, 7) is 2.09. The van der Waals surface area contributed by atoms with Crippen molar-refractivity contribution in [3.05, 3.63) is 22.8 Å². The molecule has 7 heteroatoms. The molecule has 2 rings (SSSR count). The second-order valence-corrected chi connectivity index (χ2v) is 5.03. The van der Waals surface area contributed by atoms with Gasteiger partial charge in [-0.05, 0) is 18.9 Å². The Bertz CT molecular complexity index is 516. The minimum absolute atomic E-state index is 0.00460. The molecule has 1 aliphatic rings. The van der Waals surface area contributed by atoms with Gasteiger partial charge >= 0.3 is 5.97 Å².